The number of hydrogen-bond acceptors (Lipinski definition) is 2. The molecule has 1 aromatic heterocycles. The van der Waals surface area contributed by atoms with E-state index in [0.717, 1.165) is 6.07 Å². The van der Waals surface area contributed by atoms with Gasteiger partial charge in [0.1, 0.15) is 5.82 Å². The van der Waals surface area contributed by atoms with Crippen molar-refractivity contribution in [2.45, 2.75) is 13.0 Å². The minimum Gasteiger partial charge on any atom is -0.383 e. The molecule has 0 amide bonds. The van der Waals surface area contributed by atoms with Gasteiger partial charge >= 0.3 is 0 Å². The van der Waals surface area contributed by atoms with Crippen molar-refractivity contribution in [3.05, 3.63) is 46.1 Å². The average molecular weight is 302 g/mol. The second-order valence-electron chi connectivity index (χ2n) is 3.64. The first kappa shape index (κ1) is 12.0. The number of nitrogens with two attached hydrogens (primary N) is 1. The molecule has 0 aliphatic carbocycles. The third kappa shape index (κ3) is 2.04. The van der Waals surface area contributed by atoms with Crippen LogP contribution in [0.25, 0.3) is 0 Å². The van der Waals surface area contributed by atoms with Gasteiger partial charge in [0.25, 0.3) is 0 Å². The molecule has 2 rings (SSSR count). The number of benzene rings is 1. The quantitative estimate of drug-likeness (QED) is 0.926. The van der Waals surface area contributed by atoms with E-state index in [1.165, 1.54) is 23.0 Å². The summed E-state index contributed by atoms with van der Waals surface area (Å²) in [6.07, 6.45) is 1.52. The monoisotopic (exact) mass is 301 g/mol. The molecule has 0 fully saturated rings. The minimum absolute atomic E-state index is 0.215. The van der Waals surface area contributed by atoms with Gasteiger partial charge in [-0.3, -0.25) is 0 Å². The number of halogens is 3. The van der Waals surface area contributed by atoms with E-state index < -0.39 is 17.7 Å². The normalized spacial score (nSPS) is 12.7. The number of aromatic nitrogens is 2. The van der Waals surface area contributed by atoms with E-state index in [9.17, 15) is 8.78 Å². The number of hydrogen-bond donors (Lipinski definition) is 1. The van der Waals surface area contributed by atoms with Gasteiger partial charge in [0, 0.05) is 5.56 Å². The summed E-state index contributed by atoms with van der Waals surface area (Å²) in [6, 6.07) is 3.57. The molecule has 0 aliphatic rings. The second-order valence-corrected chi connectivity index (χ2v) is 4.50. The van der Waals surface area contributed by atoms with E-state index in [0.29, 0.717) is 10.3 Å². The predicted molar refractivity (Wildman–Crippen MR) is 64.5 cm³/mol. The summed E-state index contributed by atoms with van der Waals surface area (Å²) in [4.78, 5) is 0. The van der Waals surface area contributed by atoms with E-state index >= 15 is 0 Å². The highest BCUT2D eigenvalue weighted by atomic mass is 79.9. The zero-order valence-electron chi connectivity index (χ0n) is 8.99. The maximum Gasteiger partial charge on any atom is 0.164 e. The maximum atomic E-state index is 13.6. The summed E-state index contributed by atoms with van der Waals surface area (Å²) in [5.74, 6) is -1.37. The lowest BCUT2D eigenvalue weighted by Gasteiger charge is -2.15. The number of nitrogen functional groups attached to an aromatic ring is 1. The van der Waals surface area contributed by atoms with Crippen LogP contribution in [-0.2, 0) is 0 Å². The van der Waals surface area contributed by atoms with Gasteiger partial charge in [-0.2, -0.15) is 5.10 Å². The fourth-order valence-corrected chi connectivity index (χ4v) is 1.91. The molecular formula is C11H10BrF2N3. The number of anilines is 1. The Balaban J connectivity index is 2.47. The van der Waals surface area contributed by atoms with E-state index in [4.69, 9.17) is 5.73 Å². The molecule has 90 valence electrons. The molecular weight excluding hydrogens is 292 g/mol. The van der Waals surface area contributed by atoms with Crippen molar-refractivity contribution in [1.82, 2.24) is 9.78 Å². The van der Waals surface area contributed by atoms with Crippen LogP contribution in [0.5, 0.6) is 0 Å². The molecule has 3 nitrogen and oxygen atoms in total. The Hall–Kier alpha value is -1.43. The Bertz CT molecular complexity index is 554. The largest absolute Gasteiger partial charge is 0.383 e. The number of rotatable bonds is 2. The lowest BCUT2D eigenvalue weighted by molar-refractivity contribution is 0.471. The van der Waals surface area contributed by atoms with E-state index in [-0.39, 0.29) is 5.56 Å². The lowest BCUT2D eigenvalue weighted by Crippen LogP contribution is -2.13. The van der Waals surface area contributed by atoms with Crippen molar-refractivity contribution in [3.8, 4) is 0 Å². The molecule has 6 heteroatoms. The molecule has 1 heterocycles. The Morgan fingerprint density at radius 2 is 2.12 bits per heavy atom. The molecule has 2 aromatic rings. The zero-order chi connectivity index (χ0) is 12.6. The van der Waals surface area contributed by atoms with Crippen molar-refractivity contribution in [2.24, 2.45) is 0 Å². The van der Waals surface area contributed by atoms with Crippen molar-refractivity contribution in [1.29, 1.82) is 0 Å². The van der Waals surface area contributed by atoms with Crippen molar-refractivity contribution in [3.63, 3.8) is 0 Å². The van der Waals surface area contributed by atoms with Gasteiger partial charge in [-0.25, -0.2) is 13.5 Å². The molecule has 0 bridgehead atoms. The highest BCUT2D eigenvalue weighted by Gasteiger charge is 2.18. The predicted octanol–water partition coefficient (Wildman–Crippen LogP) is 3.12. The van der Waals surface area contributed by atoms with E-state index in [1.807, 2.05) is 0 Å². The fraction of sp³-hybridized carbons (Fsp3) is 0.182. The average Bonchev–Trinajstić information content (AvgIpc) is 2.63. The molecule has 1 unspecified atom stereocenters. The van der Waals surface area contributed by atoms with Crippen molar-refractivity contribution >= 4 is 21.7 Å². The topological polar surface area (TPSA) is 43.8 Å². The van der Waals surface area contributed by atoms with Crippen LogP contribution in [0.1, 0.15) is 18.5 Å². The minimum atomic E-state index is -0.876. The smallest absolute Gasteiger partial charge is 0.164 e. The fourth-order valence-electron chi connectivity index (χ4n) is 1.63. The lowest BCUT2D eigenvalue weighted by atomic mass is 10.1. The highest BCUT2D eigenvalue weighted by Crippen LogP contribution is 2.27. The summed E-state index contributed by atoms with van der Waals surface area (Å²) < 4.78 is 28.8. The Labute approximate surface area is 105 Å². The van der Waals surface area contributed by atoms with Crippen LogP contribution in [0.4, 0.5) is 14.6 Å². The van der Waals surface area contributed by atoms with Gasteiger partial charge < -0.3 is 5.73 Å². The van der Waals surface area contributed by atoms with Crippen LogP contribution in [-0.4, -0.2) is 9.78 Å². The molecule has 0 saturated carbocycles. The Kier molecular flexibility index (Phi) is 3.15. The molecule has 0 aliphatic heterocycles. The molecule has 1 atom stereocenters. The molecule has 0 spiro atoms. The molecule has 2 N–H and O–H groups in total. The third-order valence-corrected chi connectivity index (χ3v) is 3.20. The van der Waals surface area contributed by atoms with Gasteiger partial charge in [0.15, 0.2) is 11.6 Å². The standard InChI is InChI=1S/C11H10BrF2N3/c1-6(17-11(15)8(12)5-16-17)7-3-2-4-9(13)10(7)14/h2-6H,15H2,1H3. The Morgan fingerprint density at radius 3 is 2.71 bits per heavy atom. The summed E-state index contributed by atoms with van der Waals surface area (Å²) in [5.41, 5.74) is 5.98. The first-order valence-corrected chi connectivity index (χ1v) is 5.74. The highest BCUT2D eigenvalue weighted by molar-refractivity contribution is 9.10. The van der Waals surface area contributed by atoms with E-state index in [2.05, 4.69) is 21.0 Å². The van der Waals surface area contributed by atoms with Crippen LogP contribution in [0.15, 0.2) is 28.9 Å². The second kappa shape index (κ2) is 4.44. The third-order valence-electron chi connectivity index (χ3n) is 2.59. The van der Waals surface area contributed by atoms with Crippen LogP contribution in [0.2, 0.25) is 0 Å². The van der Waals surface area contributed by atoms with Gasteiger partial charge in [-0.1, -0.05) is 12.1 Å². The van der Waals surface area contributed by atoms with Crippen LogP contribution in [0.3, 0.4) is 0 Å². The first-order chi connectivity index (χ1) is 8.02. The van der Waals surface area contributed by atoms with Gasteiger partial charge in [0.2, 0.25) is 0 Å². The summed E-state index contributed by atoms with van der Waals surface area (Å²) in [5, 5.41) is 4.02. The van der Waals surface area contributed by atoms with Gasteiger partial charge in [-0.05, 0) is 28.9 Å². The van der Waals surface area contributed by atoms with E-state index in [1.54, 1.807) is 6.92 Å². The van der Waals surface area contributed by atoms with Gasteiger partial charge in [-0.15, -0.1) is 0 Å². The SMILES string of the molecule is CC(c1cccc(F)c1F)n1ncc(Br)c1N. The van der Waals surface area contributed by atoms with Crippen LogP contribution >= 0.6 is 15.9 Å². The molecule has 0 radical (unpaired) electrons. The van der Waals surface area contributed by atoms with Gasteiger partial charge in [0.05, 0.1) is 16.7 Å². The summed E-state index contributed by atoms with van der Waals surface area (Å²) in [6.45, 7) is 1.70. The van der Waals surface area contributed by atoms with Crippen molar-refractivity contribution in [2.75, 3.05) is 5.73 Å². The Morgan fingerprint density at radius 1 is 1.41 bits per heavy atom. The van der Waals surface area contributed by atoms with Crippen LogP contribution < -0.4 is 5.73 Å². The number of nitrogens with zero attached hydrogens (tertiary/aromatic N) is 2. The molecule has 1 aromatic carbocycles. The van der Waals surface area contributed by atoms with Crippen molar-refractivity contribution < 1.29 is 8.78 Å². The summed E-state index contributed by atoms with van der Waals surface area (Å²) >= 11 is 3.21. The zero-order valence-corrected chi connectivity index (χ0v) is 10.6. The molecule has 0 saturated heterocycles. The first-order valence-electron chi connectivity index (χ1n) is 4.94. The maximum absolute atomic E-state index is 13.6. The van der Waals surface area contributed by atoms with Crippen LogP contribution in [0, 0.1) is 11.6 Å². The molecule has 17 heavy (non-hydrogen) atoms. The summed E-state index contributed by atoms with van der Waals surface area (Å²) in [7, 11) is 0.